The van der Waals surface area contributed by atoms with Gasteiger partial charge < -0.3 is 20.1 Å². The Morgan fingerprint density at radius 1 is 1.12 bits per heavy atom. The Labute approximate surface area is 253 Å². The molecule has 4 aromatic rings. The van der Waals surface area contributed by atoms with Crippen molar-refractivity contribution in [1.82, 2.24) is 20.3 Å². The van der Waals surface area contributed by atoms with Gasteiger partial charge in [-0.1, -0.05) is 24.3 Å². The maximum Gasteiger partial charge on any atom is 0.326 e. The number of benzene rings is 2. The first-order valence-corrected chi connectivity index (χ1v) is 16.5. The highest BCUT2D eigenvalue weighted by atomic mass is 32.2. The predicted molar refractivity (Wildman–Crippen MR) is 160 cm³/mol. The smallest absolute Gasteiger partial charge is 0.326 e. The molecule has 3 N–H and O–H groups in total. The van der Waals surface area contributed by atoms with Crippen LogP contribution in [-0.4, -0.2) is 65.0 Å². The number of thiazole rings is 1. The van der Waals surface area contributed by atoms with Crippen LogP contribution in [0, 0.1) is 12.7 Å². The van der Waals surface area contributed by atoms with Crippen LogP contribution < -0.4 is 5.32 Å². The summed E-state index contributed by atoms with van der Waals surface area (Å²) in [5.74, 6) is -1.92. The summed E-state index contributed by atoms with van der Waals surface area (Å²) >= 11 is 1.40. The molecule has 1 amide bonds. The SMILES string of the molecule is Cc1ncc(CCOC(c2ccc(CCc3ccc(F)cc3)c(C(=O)N[C@@H](CCS(C)(=O)=O)C(=O)O)c2)c2nccs2)[nH]1. The van der Waals surface area contributed by atoms with Gasteiger partial charge in [0.2, 0.25) is 0 Å². The van der Waals surface area contributed by atoms with E-state index in [1.165, 1.54) is 23.5 Å². The molecule has 0 bridgehead atoms. The second-order valence-corrected chi connectivity index (χ2v) is 13.4. The Balaban J connectivity index is 1.62. The number of H-pyrrole nitrogens is 1. The third kappa shape index (κ3) is 9.53. The van der Waals surface area contributed by atoms with Gasteiger partial charge in [0.1, 0.15) is 38.6 Å². The van der Waals surface area contributed by atoms with Crippen LogP contribution in [0.15, 0.2) is 60.2 Å². The zero-order chi connectivity index (χ0) is 31.0. The van der Waals surface area contributed by atoms with Crippen LogP contribution in [0.5, 0.6) is 0 Å². The molecule has 0 radical (unpaired) electrons. The van der Waals surface area contributed by atoms with Gasteiger partial charge in [0, 0.05) is 41.7 Å². The monoisotopic (exact) mass is 628 g/mol. The number of sulfone groups is 1. The highest BCUT2D eigenvalue weighted by Gasteiger charge is 2.26. The number of carbonyl (C=O) groups excluding carboxylic acids is 1. The van der Waals surface area contributed by atoms with Crippen LogP contribution in [0.2, 0.25) is 0 Å². The molecule has 4 rings (SSSR count). The number of aryl methyl sites for hydroxylation is 3. The number of imidazole rings is 1. The molecule has 0 fully saturated rings. The van der Waals surface area contributed by atoms with Gasteiger partial charge in [0.25, 0.3) is 5.91 Å². The summed E-state index contributed by atoms with van der Waals surface area (Å²) in [7, 11) is -3.44. The fraction of sp³-hybridized carbons (Fsp3) is 0.333. The van der Waals surface area contributed by atoms with Gasteiger partial charge in [-0.25, -0.2) is 27.6 Å². The van der Waals surface area contributed by atoms with E-state index in [2.05, 4.69) is 20.3 Å². The first-order chi connectivity index (χ1) is 20.5. The second-order valence-electron chi connectivity index (χ2n) is 10.2. The van der Waals surface area contributed by atoms with Crippen LogP contribution in [0.4, 0.5) is 4.39 Å². The largest absolute Gasteiger partial charge is 0.480 e. The molecule has 2 aromatic heterocycles. The quantitative estimate of drug-likeness (QED) is 0.178. The van der Waals surface area contributed by atoms with E-state index in [4.69, 9.17) is 4.74 Å². The number of ether oxygens (including phenoxy) is 1. The van der Waals surface area contributed by atoms with Crippen LogP contribution in [0.25, 0.3) is 0 Å². The number of carboxylic acid groups (broad SMARTS) is 1. The lowest BCUT2D eigenvalue weighted by Gasteiger charge is -2.20. The number of nitrogens with zero attached hydrogens (tertiary/aromatic N) is 2. The first-order valence-electron chi connectivity index (χ1n) is 13.6. The van der Waals surface area contributed by atoms with E-state index in [0.717, 1.165) is 23.3 Å². The van der Waals surface area contributed by atoms with E-state index < -0.39 is 39.6 Å². The molecule has 0 saturated carbocycles. The third-order valence-electron chi connectivity index (χ3n) is 6.75. The molecule has 0 spiro atoms. The number of carboxylic acids is 1. The molecular formula is C30H33FN4O6S2. The minimum atomic E-state index is -3.44. The number of aromatic amines is 1. The normalized spacial score (nSPS) is 13.0. The first kappa shape index (κ1) is 32.0. The molecule has 2 atom stereocenters. The molecule has 0 saturated heterocycles. The molecule has 13 heteroatoms. The zero-order valence-corrected chi connectivity index (χ0v) is 25.4. The van der Waals surface area contributed by atoms with E-state index >= 15 is 0 Å². The minimum Gasteiger partial charge on any atom is -0.480 e. The van der Waals surface area contributed by atoms with E-state index in [1.807, 2.05) is 18.4 Å². The number of hydrogen-bond acceptors (Lipinski definition) is 8. The van der Waals surface area contributed by atoms with Crippen LogP contribution in [0.3, 0.4) is 0 Å². The summed E-state index contributed by atoms with van der Waals surface area (Å²) in [6.07, 6.45) is 5.05. The van der Waals surface area contributed by atoms with Gasteiger partial charge in [0.05, 0.1) is 12.4 Å². The van der Waals surface area contributed by atoms with Crippen molar-refractivity contribution >= 4 is 33.1 Å². The molecule has 0 aliphatic carbocycles. The number of nitrogens with one attached hydrogen (secondary N) is 2. The highest BCUT2D eigenvalue weighted by molar-refractivity contribution is 7.90. The van der Waals surface area contributed by atoms with E-state index in [0.29, 0.717) is 42.0 Å². The average molecular weight is 629 g/mol. The molecule has 1 unspecified atom stereocenters. The Bertz CT molecular complexity index is 1640. The number of aromatic nitrogens is 3. The maximum atomic E-state index is 13.6. The summed E-state index contributed by atoms with van der Waals surface area (Å²) in [4.78, 5) is 37.3. The fourth-order valence-corrected chi connectivity index (χ4v) is 5.88. The standard InChI is InChI=1S/C30H33FN4O6S2/c1-19-33-18-24(34-19)11-14-41-27(29-32-13-15-42-29)22-8-7-21(6-3-20-4-9-23(31)10-5-20)25(17-22)28(36)35-26(30(37)38)12-16-43(2,39)40/h4-5,7-10,13,15,17-18,26-27H,3,6,11-12,14,16H2,1-2H3,(H,33,34)(H,35,36)(H,37,38)/t26-,27?/m0/s1. The molecule has 43 heavy (non-hydrogen) atoms. The second kappa shape index (κ2) is 14.5. The lowest BCUT2D eigenvalue weighted by atomic mass is 9.95. The molecule has 10 nitrogen and oxygen atoms in total. The van der Waals surface area contributed by atoms with E-state index in [1.54, 1.807) is 36.7 Å². The van der Waals surface area contributed by atoms with Crippen molar-refractivity contribution in [2.45, 2.75) is 44.8 Å². The molecular weight excluding hydrogens is 595 g/mol. The summed E-state index contributed by atoms with van der Waals surface area (Å²) in [6.45, 7) is 2.20. The summed E-state index contributed by atoms with van der Waals surface area (Å²) in [5, 5.41) is 14.7. The molecule has 228 valence electrons. The predicted octanol–water partition coefficient (Wildman–Crippen LogP) is 4.07. The van der Waals surface area contributed by atoms with Crippen molar-refractivity contribution in [3.8, 4) is 0 Å². The summed E-state index contributed by atoms with van der Waals surface area (Å²) < 4.78 is 43.0. The summed E-state index contributed by atoms with van der Waals surface area (Å²) in [6, 6.07) is 9.98. The van der Waals surface area contributed by atoms with Gasteiger partial charge in [0.15, 0.2) is 0 Å². The Hall–Kier alpha value is -3.94. The maximum absolute atomic E-state index is 13.6. The third-order valence-corrected chi connectivity index (χ3v) is 8.54. The zero-order valence-electron chi connectivity index (χ0n) is 23.7. The topological polar surface area (TPSA) is 151 Å². The number of rotatable bonds is 15. The van der Waals surface area contributed by atoms with E-state index in [-0.39, 0.29) is 17.8 Å². The Morgan fingerprint density at radius 3 is 2.51 bits per heavy atom. The van der Waals surface area contributed by atoms with Crippen LogP contribution >= 0.6 is 11.3 Å². The Morgan fingerprint density at radius 2 is 1.88 bits per heavy atom. The van der Waals surface area contributed by atoms with Gasteiger partial charge in [-0.2, -0.15) is 0 Å². The minimum absolute atomic E-state index is 0.236. The fourth-order valence-electron chi connectivity index (χ4n) is 4.50. The molecule has 0 aliphatic heterocycles. The number of carbonyl (C=O) groups is 2. The number of hydrogen-bond donors (Lipinski definition) is 3. The van der Waals surface area contributed by atoms with Crippen LogP contribution in [0.1, 0.15) is 56.1 Å². The van der Waals surface area contributed by atoms with Gasteiger partial charge in [-0.3, -0.25) is 4.79 Å². The van der Waals surface area contributed by atoms with Crippen molar-refractivity contribution in [3.63, 3.8) is 0 Å². The number of amides is 1. The lowest BCUT2D eigenvalue weighted by molar-refractivity contribution is -0.139. The number of aliphatic carboxylic acids is 1. The van der Waals surface area contributed by atoms with Gasteiger partial charge >= 0.3 is 5.97 Å². The van der Waals surface area contributed by atoms with Crippen molar-refractivity contribution in [2.75, 3.05) is 18.6 Å². The Kier molecular flexibility index (Phi) is 10.8. The number of halogens is 1. The van der Waals surface area contributed by atoms with Crippen molar-refractivity contribution in [2.24, 2.45) is 0 Å². The van der Waals surface area contributed by atoms with Crippen LogP contribution in [-0.2, 0) is 38.6 Å². The highest BCUT2D eigenvalue weighted by Crippen LogP contribution is 2.30. The molecule has 2 aromatic carbocycles. The van der Waals surface area contributed by atoms with Crippen molar-refractivity contribution in [3.05, 3.63) is 105 Å². The van der Waals surface area contributed by atoms with Crippen molar-refractivity contribution < 1.29 is 32.2 Å². The lowest BCUT2D eigenvalue weighted by Crippen LogP contribution is -2.42. The van der Waals surface area contributed by atoms with Crippen molar-refractivity contribution in [1.29, 1.82) is 0 Å². The van der Waals surface area contributed by atoms with Gasteiger partial charge in [-0.05, 0) is 61.1 Å². The molecule has 2 heterocycles. The molecule has 0 aliphatic rings. The summed E-state index contributed by atoms with van der Waals surface area (Å²) in [5.41, 5.74) is 3.31. The van der Waals surface area contributed by atoms with E-state index in [9.17, 15) is 27.5 Å². The average Bonchev–Trinajstić information content (AvgIpc) is 3.64. The van der Waals surface area contributed by atoms with Gasteiger partial charge in [-0.15, -0.1) is 11.3 Å².